The molecule has 0 saturated carbocycles. The van der Waals surface area contributed by atoms with Gasteiger partial charge < -0.3 is 10.8 Å². The molecule has 0 saturated heterocycles. The molecule has 0 spiro atoms. The Labute approximate surface area is 190 Å². The molecule has 4 N–H and O–H groups in total. The zero-order chi connectivity index (χ0) is 23.0. The zero-order valence-electron chi connectivity index (χ0n) is 16.6. The fraction of sp³-hybridized carbons (Fsp3) is 0.111. The van der Waals surface area contributed by atoms with Crippen LogP contribution in [0.25, 0.3) is 21.8 Å². The van der Waals surface area contributed by atoms with Crippen molar-refractivity contribution in [1.29, 1.82) is 0 Å². The SMILES string of the molecule is CSc1ncc2c(N=Nc3cc(C(N)=O)c(O)c4cccc(NS(C)(=O)=O)c34)snc2n1. The number of rotatable bonds is 6. The van der Waals surface area contributed by atoms with Gasteiger partial charge in [0.05, 0.1) is 28.6 Å². The van der Waals surface area contributed by atoms with Crippen LogP contribution in [0.15, 0.2) is 45.8 Å². The van der Waals surface area contributed by atoms with Crippen molar-refractivity contribution in [2.24, 2.45) is 16.0 Å². The molecular weight excluding hydrogens is 474 g/mol. The van der Waals surface area contributed by atoms with Crippen molar-refractivity contribution in [3.8, 4) is 5.75 Å². The molecule has 1 amide bonds. The summed E-state index contributed by atoms with van der Waals surface area (Å²) in [5, 5.41) is 21.0. The average molecular weight is 490 g/mol. The Balaban J connectivity index is 1.92. The number of primary amides is 1. The van der Waals surface area contributed by atoms with Gasteiger partial charge in [-0.05, 0) is 29.9 Å². The number of carbonyl (C=O) groups excluding carboxylic acids is 1. The molecular formula is C18H15N7O4S3. The van der Waals surface area contributed by atoms with Gasteiger partial charge in [-0.1, -0.05) is 23.9 Å². The fourth-order valence-corrected chi connectivity index (χ4v) is 4.52. The first-order valence-electron chi connectivity index (χ1n) is 8.82. The van der Waals surface area contributed by atoms with Crippen LogP contribution in [0.1, 0.15) is 10.4 Å². The van der Waals surface area contributed by atoms with Crippen LogP contribution in [0.2, 0.25) is 0 Å². The van der Waals surface area contributed by atoms with E-state index in [1.54, 1.807) is 6.20 Å². The summed E-state index contributed by atoms with van der Waals surface area (Å²) in [7, 11) is -3.64. The quantitative estimate of drug-likeness (QED) is 0.209. The van der Waals surface area contributed by atoms with Crippen molar-refractivity contribution in [3.05, 3.63) is 36.0 Å². The van der Waals surface area contributed by atoms with Crippen LogP contribution in [0.4, 0.5) is 16.4 Å². The van der Waals surface area contributed by atoms with E-state index in [4.69, 9.17) is 5.73 Å². The van der Waals surface area contributed by atoms with Gasteiger partial charge in [0.15, 0.2) is 15.8 Å². The van der Waals surface area contributed by atoms with Crippen LogP contribution in [-0.2, 0) is 10.0 Å². The number of hydrogen-bond acceptors (Lipinski definition) is 11. The summed E-state index contributed by atoms with van der Waals surface area (Å²) in [5.41, 5.74) is 5.98. The molecule has 4 aromatic rings. The van der Waals surface area contributed by atoms with Crippen molar-refractivity contribution in [2.75, 3.05) is 17.2 Å². The monoisotopic (exact) mass is 489 g/mol. The highest BCUT2D eigenvalue weighted by atomic mass is 32.2. The second-order valence-corrected chi connectivity index (χ2v) is 9.81. The van der Waals surface area contributed by atoms with Gasteiger partial charge in [0.25, 0.3) is 5.91 Å². The van der Waals surface area contributed by atoms with Crippen molar-refractivity contribution >= 4 is 77.4 Å². The molecule has 2 aromatic heterocycles. The third-order valence-corrected chi connectivity index (χ3v) is 6.19. The second-order valence-electron chi connectivity index (χ2n) is 6.54. The Kier molecular flexibility index (Phi) is 5.66. The summed E-state index contributed by atoms with van der Waals surface area (Å²) < 4.78 is 30.3. The van der Waals surface area contributed by atoms with Gasteiger partial charge in [0.1, 0.15) is 5.75 Å². The number of carbonyl (C=O) groups is 1. The van der Waals surface area contributed by atoms with Gasteiger partial charge >= 0.3 is 0 Å². The minimum atomic E-state index is -3.64. The lowest BCUT2D eigenvalue weighted by atomic mass is 10.0. The van der Waals surface area contributed by atoms with Crippen molar-refractivity contribution in [2.45, 2.75) is 5.16 Å². The summed E-state index contributed by atoms with van der Waals surface area (Å²) in [6.45, 7) is 0. The van der Waals surface area contributed by atoms with E-state index in [1.807, 2.05) is 6.26 Å². The lowest BCUT2D eigenvalue weighted by Gasteiger charge is -2.13. The van der Waals surface area contributed by atoms with Crippen LogP contribution in [0.3, 0.4) is 0 Å². The van der Waals surface area contributed by atoms with E-state index in [-0.39, 0.29) is 33.5 Å². The molecule has 11 nitrogen and oxygen atoms in total. The van der Waals surface area contributed by atoms with Crippen LogP contribution < -0.4 is 10.5 Å². The fourth-order valence-electron chi connectivity index (χ4n) is 2.98. The first-order valence-corrected chi connectivity index (χ1v) is 12.7. The summed E-state index contributed by atoms with van der Waals surface area (Å²) in [6.07, 6.45) is 4.44. The number of nitrogens with two attached hydrogens (primary N) is 1. The third kappa shape index (κ3) is 4.19. The number of nitrogens with one attached hydrogen (secondary N) is 1. The summed E-state index contributed by atoms with van der Waals surface area (Å²) in [5.74, 6) is -1.26. The van der Waals surface area contributed by atoms with E-state index < -0.39 is 15.9 Å². The van der Waals surface area contributed by atoms with E-state index in [9.17, 15) is 18.3 Å². The number of azo groups is 1. The highest BCUT2D eigenvalue weighted by Crippen LogP contribution is 2.41. The van der Waals surface area contributed by atoms with Gasteiger partial charge in [-0.15, -0.1) is 10.2 Å². The first kappa shape index (κ1) is 21.9. The van der Waals surface area contributed by atoms with Crippen molar-refractivity contribution in [1.82, 2.24) is 14.3 Å². The Hall–Kier alpha value is -3.36. The molecule has 0 aliphatic rings. The number of benzene rings is 2. The van der Waals surface area contributed by atoms with Gasteiger partial charge in [0.2, 0.25) is 10.0 Å². The number of anilines is 1. The van der Waals surface area contributed by atoms with Crippen molar-refractivity contribution < 1.29 is 18.3 Å². The lowest BCUT2D eigenvalue weighted by Crippen LogP contribution is -2.12. The minimum Gasteiger partial charge on any atom is -0.506 e. The van der Waals surface area contributed by atoms with E-state index in [2.05, 4.69) is 29.3 Å². The smallest absolute Gasteiger partial charge is 0.252 e. The molecule has 2 heterocycles. The van der Waals surface area contributed by atoms with Crippen molar-refractivity contribution in [3.63, 3.8) is 0 Å². The summed E-state index contributed by atoms with van der Waals surface area (Å²) in [4.78, 5) is 20.4. The van der Waals surface area contributed by atoms with Crippen LogP contribution >= 0.6 is 23.3 Å². The molecule has 0 aliphatic carbocycles. The molecule has 164 valence electrons. The molecule has 0 unspecified atom stereocenters. The number of hydrogen-bond donors (Lipinski definition) is 3. The van der Waals surface area contributed by atoms with Crippen LogP contribution in [0, 0.1) is 0 Å². The predicted molar refractivity (Wildman–Crippen MR) is 124 cm³/mol. The molecule has 4 rings (SSSR count). The third-order valence-electron chi connectivity index (χ3n) is 4.30. The van der Waals surface area contributed by atoms with Gasteiger partial charge in [0, 0.05) is 17.0 Å². The van der Waals surface area contributed by atoms with E-state index in [0.29, 0.717) is 21.2 Å². The summed E-state index contributed by atoms with van der Waals surface area (Å²) >= 11 is 2.44. The maximum Gasteiger partial charge on any atom is 0.252 e. The Morgan fingerprint density at radius 3 is 2.75 bits per heavy atom. The number of aromatic nitrogens is 3. The van der Waals surface area contributed by atoms with Gasteiger partial charge in [-0.3, -0.25) is 9.52 Å². The van der Waals surface area contributed by atoms with Gasteiger partial charge in [-0.25, -0.2) is 18.4 Å². The number of thioether (sulfide) groups is 1. The average Bonchev–Trinajstić information content (AvgIpc) is 3.14. The highest BCUT2D eigenvalue weighted by molar-refractivity contribution is 7.98. The minimum absolute atomic E-state index is 0.126. The van der Waals surface area contributed by atoms with E-state index in [0.717, 1.165) is 17.8 Å². The van der Waals surface area contributed by atoms with Gasteiger partial charge in [-0.2, -0.15) is 4.37 Å². The highest BCUT2D eigenvalue weighted by Gasteiger charge is 2.19. The number of amides is 1. The second kappa shape index (κ2) is 8.29. The number of aromatic hydroxyl groups is 1. The number of sulfonamides is 1. The molecule has 0 aliphatic heterocycles. The molecule has 2 aromatic carbocycles. The summed E-state index contributed by atoms with van der Waals surface area (Å²) in [6, 6.07) is 5.80. The van der Waals surface area contributed by atoms with Crippen LogP contribution in [0.5, 0.6) is 5.75 Å². The first-order chi connectivity index (χ1) is 15.2. The van der Waals surface area contributed by atoms with Crippen LogP contribution in [-0.4, -0.2) is 46.3 Å². The topological polar surface area (TPSA) is 173 Å². The normalized spacial score (nSPS) is 12.1. The number of fused-ring (bicyclic) bond motifs is 2. The molecule has 0 radical (unpaired) electrons. The maximum absolute atomic E-state index is 11.9. The maximum atomic E-state index is 11.9. The molecule has 0 atom stereocenters. The Bertz CT molecular complexity index is 1520. The zero-order valence-corrected chi connectivity index (χ0v) is 19.0. The molecule has 32 heavy (non-hydrogen) atoms. The van der Waals surface area contributed by atoms with E-state index in [1.165, 1.54) is 36.0 Å². The molecule has 0 bridgehead atoms. The van der Waals surface area contributed by atoms with E-state index >= 15 is 0 Å². The number of phenols is 1. The Morgan fingerprint density at radius 1 is 1.28 bits per heavy atom. The number of nitrogens with zero attached hydrogens (tertiary/aromatic N) is 5. The predicted octanol–water partition coefficient (Wildman–Crippen LogP) is 3.55. The Morgan fingerprint density at radius 2 is 2.06 bits per heavy atom. The molecule has 14 heteroatoms. The molecule has 0 fully saturated rings. The lowest BCUT2D eigenvalue weighted by molar-refractivity contribution is 0.0998. The largest absolute Gasteiger partial charge is 0.506 e. The standard InChI is InChI=1S/C18H15N7O4S3/c1-30-18-20-7-10-16(21-18)24-31-17(10)23-22-12-6-9(15(19)27)14(26)8-4-3-5-11(13(8)12)25-32(2,28)29/h3-7,25-26H,1-2H3,(H2,19,27).